The molecule has 0 amide bonds. The van der Waals surface area contributed by atoms with Crippen LogP contribution in [-0.2, 0) is 8.98 Å². The van der Waals surface area contributed by atoms with E-state index in [1.165, 1.54) is 0 Å². The third-order valence-corrected chi connectivity index (χ3v) is 2.60. The van der Waals surface area contributed by atoms with Gasteiger partial charge in [0.25, 0.3) is 0 Å². The lowest BCUT2D eigenvalue weighted by Gasteiger charge is -2.02. The molecule has 0 atom stereocenters. The Balaban J connectivity index is 2.58. The van der Waals surface area contributed by atoms with Gasteiger partial charge in [-0.05, 0) is 19.1 Å². The Morgan fingerprint density at radius 2 is 2.14 bits per heavy atom. The van der Waals surface area contributed by atoms with Crippen LogP contribution in [0.25, 0.3) is 0 Å². The first kappa shape index (κ1) is 11.1. The van der Waals surface area contributed by atoms with E-state index in [1.807, 2.05) is 12.1 Å². The summed E-state index contributed by atoms with van der Waals surface area (Å²) in [6, 6.07) is 7.15. The maximum Gasteiger partial charge on any atom is 0.345 e. The van der Waals surface area contributed by atoms with Crippen molar-refractivity contribution < 1.29 is 8.98 Å². The largest absolute Gasteiger partial charge is 0.383 e. The lowest BCUT2D eigenvalue weighted by Crippen LogP contribution is -1.98. The van der Waals surface area contributed by atoms with Crippen molar-refractivity contribution in [3.63, 3.8) is 0 Å². The van der Waals surface area contributed by atoms with Crippen LogP contribution >= 0.6 is 23.6 Å². The second-order valence-electron chi connectivity index (χ2n) is 2.66. The predicted octanol–water partition coefficient (Wildman–Crippen LogP) is 3.47. The molecule has 0 aliphatic carbocycles. The van der Waals surface area contributed by atoms with Crippen LogP contribution in [0.2, 0.25) is 5.02 Å². The Bertz CT molecular complexity index is 363. The summed E-state index contributed by atoms with van der Waals surface area (Å²) < 4.78 is 4.86. The van der Waals surface area contributed by atoms with Crippen molar-refractivity contribution in [2.75, 3.05) is 0 Å². The summed E-state index contributed by atoms with van der Waals surface area (Å²) in [4.78, 5) is 11.8. The number of rotatable bonds is 3. The van der Waals surface area contributed by atoms with E-state index >= 15 is 0 Å². The van der Waals surface area contributed by atoms with E-state index in [0.717, 1.165) is 12.0 Å². The topological polar surface area (TPSA) is 26.3 Å². The number of hydrogen-bond donors (Lipinski definition) is 0. The Morgan fingerprint density at radius 1 is 1.50 bits per heavy atom. The predicted molar refractivity (Wildman–Crippen MR) is 58.2 cm³/mol. The van der Waals surface area contributed by atoms with Gasteiger partial charge in [-0.15, -0.1) is 0 Å². The summed E-state index contributed by atoms with van der Waals surface area (Å²) in [5, 5.41) is 0.562. The van der Waals surface area contributed by atoms with E-state index in [0.29, 0.717) is 15.5 Å². The molecule has 1 rings (SSSR count). The summed E-state index contributed by atoms with van der Waals surface area (Å²) >= 11 is 6.79. The molecule has 74 valence electrons. The first-order valence-electron chi connectivity index (χ1n) is 3.90. The lowest BCUT2D eigenvalue weighted by molar-refractivity contribution is -0.128. The van der Waals surface area contributed by atoms with Crippen LogP contribution in [0.1, 0.15) is 6.92 Å². The molecule has 1 aromatic carbocycles. The maximum absolute atomic E-state index is 11.0. The minimum atomic E-state index is -0.435. The lowest BCUT2D eigenvalue weighted by atomic mass is 10.4. The summed E-state index contributed by atoms with van der Waals surface area (Å²) in [6.45, 7) is 5.06. The van der Waals surface area contributed by atoms with Crippen LogP contribution in [-0.4, -0.2) is 5.97 Å². The molecule has 0 spiro atoms. The number of carbonyl (C=O) groups is 1. The van der Waals surface area contributed by atoms with Crippen LogP contribution < -0.4 is 0 Å². The molecule has 0 aromatic heterocycles. The molecule has 2 nitrogen and oxygen atoms in total. The third-order valence-electron chi connectivity index (χ3n) is 1.39. The molecule has 0 N–H and O–H groups in total. The van der Waals surface area contributed by atoms with Crippen LogP contribution in [0.3, 0.4) is 0 Å². The van der Waals surface area contributed by atoms with E-state index in [4.69, 9.17) is 15.8 Å². The van der Waals surface area contributed by atoms with Crippen molar-refractivity contribution in [2.24, 2.45) is 0 Å². The average Bonchev–Trinajstić information content (AvgIpc) is 2.16. The third kappa shape index (κ3) is 3.09. The molecule has 4 heteroatoms. The van der Waals surface area contributed by atoms with E-state index in [2.05, 4.69) is 6.58 Å². The zero-order valence-corrected chi connectivity index (χ0v) is 9.19. The quantitative estimate of drug-likeness (QED) is 0.585. The molecule has 0 aliphatic heterocycles. The number of hydrogen-bond acceptors (Lipinski definition) is 3. The fraction of sp³-hybridized carbons (Fsp3) is 0.100. The Kier molecular flexibility index (Phi) is 4.04. The highest BCUT2D eigenvalue weighted by Crippen LogP contribution is 2.27. The molecular weight excluding hydrogens is 220 g/mol. The second kappa shape index (κ2) is 5.08. The van der Waals surface area contributed by atoms with E-state index in [1.54, 1.807) is 19.1 Å². The van der Waals surface area contributed by atoms with E-state index < -0.39 is 5.97 Å². The smallest absolute Gasteiger partial charge is 0.345 e. The van der Waals surface area contributed by atoms with Crippen LogP contribution in [0.15, 0.2) is 41.3 Å². The molecule has 0 bridgehead atoms. The van der Waals surface area contributed by atoms with Gasteiger partial charge in [0.1, 0.15) is 0 Å². The molecule has 0 saturated heterocycles. The molecule has 14 heavy (non-hydrogen) atoms. The van der Waals surface area contributed by atoms with Gasteiger partial charge in [-0.3, -0.25) is 0 Å². The van der Waals surface area contributed by atoms with Gasteiger partial charge in [-0.25, -0.2) is 4.79 Å². The van der Waals surface area contributed by atoms with Gasteiger partial charge in [0.2, 0.25) is 0 Å². The highest BCUT2D eigenvalue weighted by molar-refractivity contribution is 7.95. The van der Waals surface area contributed by atoms with Gasteiger partial charge in [0.05, 0.1) is 22.0 Å². The first-order valence-corrected chi connectivity index (χ1v) is 5.02. The van der Waals surface area contributed by atoms with Crippen molar-refractivity contribution in [3.8, 4) is 0 Å². The fourth-order valence-corrected chi connectivity index (χ4v) is 1.49. The van der Waals surface area contributed by atoms with Crippen molar-refractivity contribution in [3.05, 3.63) is 41.4 Å². The molecule has 0 fully saturated rings. The SMILES string of the molecule is C=C(C)C(=O)OSc1ccccc1Cl. The molecule has 0 radical (unpaired) electrons. The normalized spacial score (nSPS) is 9.57. The number of benzene rings is 1. The molecular formula is C10H9ClO2S. The van der Waals surface area contributed by atoms with Gasteiger partial charge in [-0.2, -0.15) is 0 Å². The molecule has 0 unspecified atom stereocenters. The monoisotopic (exact) mass is 228 g/mol. The highest BCUT2D eigenvalue weighted by atomic mass is 35.5. The number of halogens is 1. The van der Waals surface area contributed by atoms with Crippen LogP contribution in [0.4, 0.5) is 0 Å². The summed E-state index contributed by atoms with van der Waals surface area (Å²) in [5.41, 5.74) is 0.365. The van der Waals surface area contributed by atoms with Crippen molar-refractivity contribution in [2.45, 2.75) is 11.8 Å². The van der Waals surface area contributed by atoms with Crippen LogP contribution in [0.5, 0.6) is 0 Å². The molecule has 1 aromatic rings. The molecule has 0 heterocycles. The standard InChI is InChI=1S/C10H9ClO2S/c1-7(2)10(12)13-14-9-6-4-3-5-8(9)11/h3-6H,1H2,2H3. The second-order valence-corrected chi connectivity index (χ2v) is 3.85. The minimum Gasteiger partial charge on any atom is -0.383 e. The maximum atomic E-state index is 11.0. The van der Waals surface area contributed by atoms with Crippen molar-refractivity contribution in [1.82, 2.24) is 0 Å². The summed E-state index contributed by atoms with van der Waals surface area (Å²) in [7, 11) is 0. The Labute approximate surface area is 92.1 Å². The minimum absolute atomic E-state index is 0.365. The van der Waals surface area contributed by atoms with Crippen LogP contribution in [0, 0.1) is 0 Å². The van der Waals surface area contributed by atoms with Gasteiger partial charge >= 0.3 is 5.97 Å². The summed E-state index contributed by atoms with van der Waals surface area (Å²) in [5.74, 6) is -0.435. The zero-order valence-electron chi connectivity index (χ0n) is 7.62. The van der Waals surface area contributed by atoms with Gasteiger partial charge in [0.15, 0.2) is 0 Å². The highest BCUT2D eigenvalue weighted by Gasteiger charge is 2.06. The molecule has 0 aliphatic rings. The fourth-order valence-electron chi connectivity index (χ4n) is 0.666. The van der Waals surface area contributed by atoms with E-state index in [9.17, 15) is 4.79 Å². The zero-order chi connectivity index (χ0) is 10.6. The van der Waals surface area contributed by atoms with Gasteiger partial charge in [0, 0.05) is 5.57 Å². The average molecular weight is 229 g/mol. The Morgan fingerprint density at radius 3 is 2.71 bits per heavy atom. The molecule has 0 saturated carbocycles. The van der Waals surface area contributed by atoms with Crippen molar-refractivity contribution in [1.29, 1.82) is 0 Å². The van der Waals surface area contributed by atoms with Gasteiger partial charge < -0.3 is 4.18 Å². The first-order chi connectivity index (χ1) is 6.61. The number of carbonyl (C=O) groups excluding carboxylic acids is 1. The Hall–Kier alpha value is -0.930. The van der Waals surface area contributed by atoms with Crippen molar-refractivity contribution >= 4 is 29.6 Å². The van der Waals surface area contributed by atoms with E-state index in [-0.39, 0.29) is 0 Å². The summed E-state index contributed by atoms with van der Waals surface area (Å²) in [6.07, 6.45) is 0. The van der Waals surface area contributed by atoms with Gasteiger partial charge in [-0.1, -0.05) is 30.3 Å².